The first kappa shape index (κ1) is 21.1. The lowest BCUT2D eigenvalue weighted by Gasteiger charge is -2.26. The van der Waals surface area contributed by atoms with Crippen molar-refractivity contribution in [2.75, 3.05) is 18.4 Å². The largest absolute Gasteiger partial charge is 0.451 e. The van der Waals surface area contributed by atoms with Gasteiger partial charge in [-0.05, 0) is 74.1 Å². The Balaban J connectivity index is 1.33. The van der Waals surface area contributed by atoms with Crippen LogP contribution in [0.4, 0.5) is 11.6 Å². The van der Waals surface area contributed by atoms with Gasteiger partial charge in [-0.3, -0.25) is 9.78 Å². The standard InChI is InChI=1S/C26H27N5O2/c1-18-6-4-14-31(15-5-7-18)25(32)24-17-19-16-20(9-10-23(19)33-24)29-26-28-13-11-22(30-26)21-8-2-3-12-27-21/h2-3,8-13,16-18H,4-7,14-15H2,1H3,(H,28,29,30). The summed E-state index contributed by atoms with van der Waals surface area (Å²) >= 11 is 0. The fourth-order valence-corrected chi connectivity index (χ4v) is 4.31. The van der Waals surface area contributed by atoms with Gasteiger partial charge in [0.2, 0.25) is 5.95 Å². The fraction of sp³-hybridized carbons (Fsp3) is 0.308. The van der Waals surface area contributed by atoms with Crippen molar-refractivity contribution < 1.29 is 9.21 Å². The maximum absolute atomic E-state index is 13.1. The number of furan rings is 1. The number of rotatable bonds is 4. The first-order valence-corrected chi connectivity index (χ1v) is 11.5. The number of nitrogens with zero attached hydrogens (tertiary/aromatic N) is 4. The monoisotopic (exact) mass is 441 g/mol. The summed E-state index contributed by atoms with van der Waals surface area (Å²) in [7, 11) is 0. The highest BCUT2D eigenvalue weighted by atomic mass is 16.3. The van der Waals surface area contributed by atoms with E-state index in [1.54, 1.807) is 12.4 Å². The van der Waals surface area contributed by atoms with Crippen LogP contribution >= 0.6 is 0 Å². The summed E-state index contributed by atoms with van der Waals surface area (Å²) < 4.78 is 5.90. The van der Waals surface area contributed by atoms with Gasteiger partial charge in [-0.2, -0.15) is 0 Å². The van der Waals surface area contributed by atoms with Crippen LogP contribution in [-0.4, -0.2) is 38.8 Å². The van der Waals surface area contributed by atoms with Crippen LogP contribution in [0.15, 0.2) is 65.3 Å². The van der Waals surface area contributed by atoms with Crippen molar-refractivity contribution in [2.24, 2.45) is 5.92 Å². The van der Waals surface area contributed by atoms with Crippen molar-refractivity contribution in [3.8, 4) is 11.4 Å². The Kier molecular flexibility index (Phi) is 6.02. The van der Waals surface area contributed by atoms with Crippen LogP contribution in [0.25, 0.3) is 22.4 Å². The second-order valence-corrected chi connectivity index (χ2v) is 8.65. The van der Waals surface area contributed by atoms with E-state index in [-0.39, 0.29) is 5.91 Å². The molecule has 1 fully saturated rings. The van der Waals surface area contributed by atoms with Crippen molar-refractivity contribution >= 4 is 28.5 Å². The molecule has 4 heterocycles. The fourth-order valence-electron chi connectivity index (χ4n) is 4.31. The SMILES string of the molecule is CC1CCCN(C(=O)c2cc3cc(Nc4nccc(-c5ccccn5)n4)ccc3o2)CCC1. The highest BCUT2D eigenvalue weighted by molar-refractivity contribution is 5.96. The Labute approximate surface area is 192 Å². The second kappa shape index (κ2) is 9.40. The zero-order chi connectivity index (χ0) is 22.6. The third-order valence-electron chi connectivity index (χ3n) is 6.10. The number of benzene rings is 1. The molecule has 0 saturated carbocycles. The molecule has 1 saturated heterocycles. The molecule has 3 aromatic heterocycles. The van der Waals surface area contributed by atoms with Gasteiger partial charge in [0, 0.05) is 36.6 Å². The number of aromatic nitrogens is 3. The third kappa shape index (κ3) is 4.87. The van der Waals surface area contributed by atoms with E-state index in [1.807, 2.05) is 53.4 Å². The Bertz CT molecular complexity index is 1240. The van der Waals surface area contributed by atoms with Crippen LogP contribution in [0.1, 0.15) is 43.2 Å². The lowest BCUT2D eigenvalue weighted by molar-refractivity contribution is 0.0705. The van der Waals surface area contributed by atoms with Gasteiger partial charge < -0.3 is 14.6 Å². The van der Waals surface area contributed by atoms with Crippen LogP contribution in [0.5, 0.6) is 0 Å². The molecular formula is C26H27N5O2. The molecule has 5 rings (SSSR count). The molecule has 0 bridgehead atoms. The summed E-state index contributed by atoms with van der Waals surface area (Å²) in [5, 5.41) is 4.11. The van der Waals surface area contributed by atoms with Crippen LogP contribution in [0.3, 0.4) is 0 Å². The lowest BCUT2D eigenvalue weighted by Crippen LogP contribution is -2.34. The quantitative estimate of drug-likeness (QED) is 0.439. The van der Waals surface area contributed by atoms with E-state index in [1.165, 1.54) is 12.8 Å². The molecule has 0 radical (unpaired) electrons. The van der Waals surface area contributed by atoms with E-state index in [0.29, 0.717) is 17.3 Å². The predicted octanol–water partition coefficient (Wildman–Crippen LogP) is 5.68. The molecule has 4 aromatic rings. The van der Waals surface area contributed by atoms with Gasteiger partial charge in [-0.1, -0.05) is 13.0 Å². The van der Waals surface area contributed by atoms with E-state index >= 15 is 0 Å². The molecule has 0 unspecified atom stereocenters. The van der Waals surface area contributed by atoms with Crippen LogP contribution in [0, 0.1) is 5.92 Å². The number of pyridine rings is 1. The average Bonchev–Trinajstić information content (AvgIpc) is 3.25. The highest BCUT2D eigenvalue weighted by Gasteiger charge is 2.21. The smallest absolute Gasteiger partial charge is 0.289 e. The minimum Gasteiger partial charge on any atom is -0.451 e. The Morgan fingerprint density at radius 3 is 2.64 bits per heavy atom. The van der Waals surface area contributed by atoms with Gasteiger partial charge in [-0.25, -0.2) is 9.97 Å². The van der Waals surface area contributed by atoms with Crippen molar-refractivity contribution in [2.45, 2.75) is 32.6 Å². The molecule has 1 aromatic carbocycles. The van der Waals surface area contributed by atoms with Gasteiger partial charge >= 0.3 is 0 Å². The summed E-state index contributed by atoms with van der Waals surface area (Å²) in [6.45, 7) is 3.87. The van der Waals surface area contributed by atoms with E-state index < -0.39 is 0 Å². The zero-order valence-electron chi connectivity index (χ0n) is 18.7. The van der Waals surface area contributed by atoms with Gasteiger partial charge in [-0.15, -0.1) is 0 Å². The number of likely N-dealkylation sites (tertiary alicyclic amines) is 1. The van der Waals surface area contributed by atoms with E-state index in [4.69, 9.17) is 4.42 Å². The molecule has 0 atom stereocenters. The summed E-state index contributed by atoms with van der Waals surface area (Å²) in [6, 6.07) is 15.1. The van der Waals surface area contributed by atoms with Gasteiger partial charge in [0.25, 0.3) is 5.91 Å². The van der Waals surface area contributed by atoms with Crippen molar-refractivity contribution in [1.82, 2.24) is 19.9 Å². The molecular weight excluding hydrogens is 414 g/mol. The lowest BCUT2D eigenvalue weighted by atomic mass is 9.97. The minimum absolute atomic E-state index is 0.0262. The molecule has 7 nitrogen and oxygen atoms in total. The number of nitrogens with one attached hydrogen (secondary N) is 1. The molecule has 168 valence electrons. The Hall–Kier alpha value is -3.74. The van der Waals surface area contributed by atoms with Gasteiger partial charge in [0.15, 0.2) is 5.76 Å². The molecule has 7 heteroatoms. The normalized spacial score (nSPS) is 15.2. The topological polar surface area (TPSA) is 84.2 Å². The molecule has 1 aliphatic rings. The van der Waals surface area contributed by atoms with Crippen molar-refractivity contribution in [3.63, 3.8) is 0 Å². The average molecular weight is 442 g/mol. The van der Waals surface area contributed by atoms with E-state index in [0.717, 1.165) is 54.3 Å². The summed E-state index contributed by atoms with van der Waals surface area (Å²) in [4.78, 5) is 28.2. The third-order valence-corrected chi connectivity index (χ3v) is 6.10. The number of carbonyl (C=O) groups is 1. The van der Waals surface area contributed by atoms with Crippen molar-refractivity contribution in [3.05, 3.63) is 66.7 Å². The van der Waals surface area contributed by atoms with Gasteiger partial charge in [0.05, 0.1) is 11.4 Å². The number of carbonyl (C=O) groups excluding carboxylic acids is 1. The summed E-state index contributed by atoms with van der Waals surface area (Å²) in [5.74, 6) is 1.59. The Morgan fingerprint density at radius 1 is 1.00 bits per heavy atom. The van der Waals surface area contributed by atoms with Gasteiger partial charge in [0.1, 0.15) is 5.58 Å². The number of hydrogen-bond donors (Lipinski definition) is 1. The number of anilines is 2. The molecule has 1 N–H and O–H groups in total. The second-order valence-electron chi connectivity index (χ2n) is 8.65. The highest BCUT2D eigenvalue weighted by Crippen LogP contribution is 2.26. The van der Waals surface area contributed by atoms with E-state index in [9.17, 15) is 4.79 Å². The first-order chi connectivity index (χ1) is 16.2. The zero-order valence-corrected chi connectivity index (χ0v) is 18.7. The van der Waals surface area contributed by atoms with Crippen molar-refractivity contribution in [1.29, 1.82) is 0 Å². The Morgan fingerprint density at radius 2 is 1.85 bits per heavy atom. The summed E-state index contributed by atoms with van der Waals surface area (Å²) in [6.07, 6.45) is 7.86. The summed E-state index contributed by atoms with van der Waals surface area (Å²) in [5.41, 5.74) is 3.04. The number of amides is 1. The number of hydrogen-bond acceptors (Lipinski definition) is 6. The molecule has 1 amide bonds. The number of fused-ring (bicyclic) bond motifs is 1. The maximum atomic E-state index is 13.1. The predicted molar refractivity (Wildman–Crippen MR) is 128 cm³/mol. The first-order valence-electron chi connectivity index (χ1n) is 11.5. The molecule has 33 heavy (non-hydrogen) atoms. The van der Waals surface area contributed by atoms with Crippen LogP contribution < -0.4 is 5.32 Å². The molecule has 0 aliphatic carbocycles. The van der Waals surface area contributed by atoms with E-state index in [2.05, 4.69) is 27.2 Å². The molecule has 0 spiro atoms. The molecule has 1 aliphatic heterocycles. The van der Waals surface area contributed by atoms with Crippen LogP contribution in [-0.2, 0) is 0 Å². The van der Waals surface area contributed by atoms with Crippen LogP contribution in [0.2, 0.25) is 0 Å². The minimum atomic E-state index is -0.0262. The maximum Gasteiger partial charge on any atom is 0.289 e.